The van der Waals surface area contributed by atoms with E-state index in [0.717, 1.165) is 18.5 Å². The van der Waals surface area contributed by atoms with Crippen molar-refractivity contribution in [2.24, 2.45) is 10.9 Å². The van der Waals surface area contributed by atoms with Crippen LogP contribution in [0.3, 0.4) is 0 Å². The Morgan fingerprint density at radius 1 is 1.33 bits per heavy atom. The lowest BCUT2D eigenvalue weighted by molar-refractivity contribution is 0.318. The van der Waals surface area contributed by atoms with Crippen LogP contribution in [-0.4, -0.2) is 29.6 Å². The Morgan fingerprint density at radius 2 is 2.10 bits per heavy atom. The molecular formula is C15H24FN3OS. The quantitative estimate of drug-likeness (QED) is 0.204. The van der Waals surface area contributed by atoms with Gasteiger partial charge in [0.25, 0.3) is 0 Å². The number of rotatable bonds is 10. The molecule has 0 saturated heterocycles. The minimum absolute atomic E-state index is 0.0663. The first-order valence-corrected chi connectivity index (χ1v) is 8.54. The maximum absolute atomic E-state index is 13.2. The van der Waals surface area contributed by atoms with Gasteiger partial charge in [0.05, 0.1) is 0 Å². The Labute approximate surface area is 130 Å². The van der Waals surface area contributed by atoms with E-state index in [2.05, 4.69) is 16.7 Å². The Balaban J connectivity index is 2.35. The smallest absolute Gasteiger partial charge is 0.170 e. The lowest BCUT2D eigenvalue weighted by atomic mass is 10.1. The van der Waals surface area contributed by atoms with E-state index >= 15 is 0 Å². The van der Waals surface area contributed by atoms with E-state index in [4.69, 9.17) is 10.9 Å². The lowest BCUT2D eigenvalue weighted by Crippen LogP contribution is -2.21. The Bertz CT molecular complexity index is 455. The summed E-state index contributed by atoms with van der Waals surface area (Å²) in [5, 5.41) is 15.0. The van der Waals surface area contributed by atoms with Crippen LogP contribution in [0, 0.1) is 5.82 Å². The number of hydrogen-bond acceptors (Lipinski definition) is 4. The normalized spacial score (nSPS) is 11.8. The molecule has 0 spiro atoms. The summed E-state index contributed by atoms with van der Waals surface area (Å²) in [4.78, 5) is 0. The predicted molar refractivity (Wildman–Crippen MR) is 87.5 cm³/mol. The van der Waals surface area contributed by atoms with Crippen molar-refractivity contribution in [2.45, 2.75) is 32.2 Å². The molecule has 0 aliphatic heterocycles. The van der Waals surface area contributed by atoms with Gasteiger partial charge in [-0.2, -0.15) is 11.8 Å². The fraction of sp³-hybridized carbons (Fsp3) is 0.533. The highest BCUT2D eigenvalue weighted by Gasteiger charge is 2.08. The maximum Gasteiger partial charge on any atom is 0.170 e. The average molecular weight is 313 g/mol. The van der Waals surface area contributed by atoms with E-state index in [0.29, 0.717) is 12.1 Å². The van der Waals surface area contributed by atoms with E-state index in [1.165, 1.54) is 37.1 Å². The fourth-order valence-electron chi connectivity index (χ4n) is 2.07. The van der Waals surface area contributed by atoms with Crippen LogP contribution in [0.1, 0.15) is 36.8 Å². The summed E-state index contributed by atoms with van der Waals surface area (Å²) in [6.07, 6.45) is 6.99. The molecule has 0 saturated carbocycles. The van der Waals surface area contributed by atoms with E-state index in [1.54, 1.807) is 6.07 Å². The van der Waals surface area contributed by atoms with Crippen molar-refractivity contribution in [3.63, 3.8) is 0 Å². The first-order valence-electron chi connectivity index (χ1n) is 7.15. The molecule has 0 amide bonds. The van der Waals surface area contributed by atoms with Gasteiger partial charge in [0.2, 0.25) is 0 Å². The third-order valence-corrected chi connectivity index (χ3v) is 3.92. The van der Waals surface area contributed by atoms with E-state index in [1.807, 2.05) is 11.8 Å². The summed E-state index contributed by atoms with van der Waals surface area (Å²) in [7, 11) is 0. The molecule has 1 aromatic carbocycles. The number of thioether (sulfide) groups is 1. The van der Waals surface area contributed by atoms with Gasteiger partial charge in [-0.05, 0) is 49.1 Å². The monoisotopic (exact) mass is 313 g/mol. The molecule has 0 radical (unpaired) electrons. The molecule has 118 valence electrons. The molecule has 0 bridgehead atoms. The zero-order valence-corrected chi connectivity index (χ0v) is 13.3. The highest BCUT2D eigenvalue weighted by atomic mass is 32.2. The van der Waals surface area contributed by atoms with Gasteiger partial charge in [0.1, 0.15) is 5.82 Å². The van der Waals surface area contributed by atoms with Crippen LogP contribution >= 0.6 is 11.8 Å². The molecule has 0 aliphatic carbocycles. The molecule has 6 heteroatoms. The number of amidine groups is 1. The molecular weight excluding hydrogens is 289 g/mol. The Kier molecular flexibility index (Phi) is 8.85. The summed E-state index contributed by atoms with van der Waals surface area (Å²) in [5.41, 5.74) is 6.83. The van der Waals surface area contributed by atoms with E-state index in [-0.39, 0.29) is 5.84 Å². The summed E-state index contributed by atoms with van der Waals surface area (Å²) < 4.78 is 13.2. The van der Waals surface area contributed by atoms with Gasteiger partial charge in [-0.3, -0.25) is 0 Å². The van der Waals surface area contributed by atoms with Crippen molar-refractivity contribution in [3.05, 3.63) is 35.1 Å². The molecule has 0 atom stereocenters. The van der Waals surface area contributed by atoms with Crippen LogP contribution in [0.4, 0.5) is 4.39 Å². The second-order valence-electron chi connectivity index (χ2n) is 4.87. The minimum Gasteiger partial charge on any atom is -0.409 e. The minimum atomic E-state index is -0.394. The zero-order valence-electron chi connectivity index (χ0n) is 12.4. The molecule has 21 heavy (non-hydrogen) atoms. The topological polar surface area (TPSA) is 70.6 Å². The molecule has 1 rings (SSSR count). The number of nitrogens with one attached hydrogen (secondary N) is 1. The number of hydrogen-bond donors (Lipinski definition) is 3. The van der Waals surface area contributed by atoms with Gasteiger partial charge in [-0.15, -0.1) is 0 Å². The van der Waals surface area contributed by atoms with Crippen molar-refractivity contribution in [1.29, 1.82) is 0 Å². The van der Waals surface area contributed by atoms with Crippen LogP contribution in [-0.2, 0) is 6.54 Å². The summed E-state index contributed by atoms with van der Waals surface area (Å²) in [6, 6.07) is 4.33. The maximum atomic E-state index is 13.2. The van der Waals surface area contributed by atoms with Crippen molar-refractivity contribution in [3.8, 4) is 0 Å². The summed E-state index contributed by atoms with van der Waals surface area (Å²) >= 11 is 1.89. The lowest BCUT2D eigenvalue weighted by Gasteiger charge is -2.10. The van der Waals surface area contributed by atoms with Crippen LogP contribution in [0.25, 0.3) is 0 Å². The molecule has 4 nitrogen and oxygen atoms in total. The van der Waals surface area contributed by atoms with Crippen molar-refractivity contribution >= 4 is 17.6 Å². The van der Waals surface area contributed by atoms with Gasteiger partial charge in [-0.25, -0.2) is 4.39 Å². The number of oxime groups is 1. The third kappa shape index (κ3) is 6.82. The predicted octanol–water partition coefficient (Wildman–Crippen LogP) is 2.93. The average Bonchev–Trinajstić information content (AvgIpc) is 2.50. The Hall–Kier alpha value is -1.27. The van der Waals surface area contributed by atoms with Gasteiger partial charge < -0.3 is 16.3 Å². The Morgan fingerprint density at radius 3 is 2.81 bits per heavy atom. The molecule has 0 fully saturated rings. The van der Waals surface area contributed by atoms with Gasteiger partial charge in [0, 0.05) is 12.1 Å². The van der Waals surface area contributed by atoms with E-state index < -0.39 is 5.82 Å². The van der Waals surface area contributed by atoms with Crippen LogP contribution in [0.15, 0.2) is 23.4 Å². The SMILES string of the molecule is CSCCCCCCNCc1ccc(F)cc1/C(N)=N/O. The van der Waals surface area contributed by atoms with Gasteiger partial charge >= 0.3 is 0 Å². The first-order chi connectivity index (χ1) is 10.2. The standard InChI is InChI=1S/C15H24FN3OS/c1-21-9-5-3-2-4-8-18-11-12-6-7-13(16)10-14(12)15(17)19-20/h6-7,10,18,20H,2-5,8-9,11H2,1H3,(H2,17,19). The van der Waals surface area contributed by atoms with Gasteiger partial charge in [-0.1, -0.05) is 24.1 Å². The third-order valence-electron chi connectivity index (χ3n) is 3.22. The fourth-order valence-corrected chi connectivity index (χ4v) is 2.56. The molecule has 1 aromatic rings. The number of unbranched alkanes of at least 4 members (excludes halogenated alkanes) is 3. The summed E-state index contributed by atoms with van der Waals surface area (Å²) in [5.74, 6) is 0.768. The summed E-state index contributed by atoms with van der Waals surface area (Å²) in [6.45, 7) is 1.49. The number of nitrogens with zero attached hydrogens (tertiary/aromatic N) is 1. The van der Waals surface area contributed by atoms with Crippen LogP contribution < -0.4 is 11.1 Å². The molecule has 0 aromatic heterocycles. The molecule has 0 heterocycles. The highest BCUT2D eigenvalue weighted by molar-refractivity contribution is 7.98. The number of nitrogens with two attached hydrogens (primary N) is 1. The van der Waals surface area contributed by atoms with Gasteiger partial charge in [0.15, 0.2) is 5.84 Å². The van der Waals surface area contributed by atoms with E-state index in [9.17, 15) is 4.39 Å². The second-order valence-corrected chi connectivity index (χ2v) is 5.86. The zero-order chi connectivity index (χ0) is 15.5. The molecule has 0 aliphatic rings. The first kappa shape index (κ1) is 17.8. The van der Waals surface area contributed by atoms with Crippen molar-refractivity contribution in [2.75, 3.05) is 18.6 Å². The van der Waals surface area contributed by atoms with Crippen molar-refractivity contribution < 1.29 is 9.60 Å². The van der Waals surface area contributed by atoms with Crippen molar-refractivity contribution in [1.82, 2.24) is 5.32 Å². The highest BCUT2D eigenvalue weighted by Crippen LogP contribution is 2.11. The number of halogens is 1. The molecule has 0 unspecified atom stereocenters. The number of benzene rings is 1. The largest absolute Gasteiger partial charge is 0.409 e. The van der Waals surface area contributed by atoms with Crippen LogP contribution in [0.5, 0.6) is 0 Å². The second kappa shape index (κ2) is 10.5. The molecule has 4 N–H and O–H groups in total. The van der Waals surface area contributed by atoms with Crippen LogP contribution in [0.2, 0.25) is 0 Å².